The molecule has 1 aliphatic rings. The van der Waals surface area contributed by atoms with E-state index in [-0.39, 0.29) is 11.2 Å². The van der Waals surface area contributed by atoms with Crippen LogP contribution in [-0.2, 0) is 24.7 Å². The van der Waals surface area contributed by atoms with E-state index in [1.165, 1.54) is 11.1 Å². The molecule has 1 atom stereocenters. The average Bonchev–Trinajstić information content (AvgIpc) is 2.67. The lowest BCUT2D eigenvalue weighted by atomic mass is 9.75. The van der Waals surface area contributed by atoms with Crippen molar-refractivity contribution >= 4 is 0 Å². The topological polar surface area (TPSA) is 38.9 Å². The number of pyridine rings is 1. The molecule has 146 valence electrons. The first-order valence-electron chi connectivity index (χ1n) is 9.90. The van der Waals surface area contributed by atoms with E-state index in [1.54, 1.807) is 6.07 Å². The molecule has 1 aromatic heterocycles. The zero-order chi connectivity index (χ0) is 20.3. The third-order valence-corrected chi connectivity index (χ3v) is 5.64. The molecule has 1 unspecified atom stereocenters. The zero-order valence-electron chi connectivity index (χ0n) is 17.1. The minimum atomic E-state index is -0.149. The molecule has 0 radical (unpaired) electrons. The van der Waals surface area contributed by atoms with Crippen molar-refractivity contribution in [3.05, 3.63) is 100 Å². The van der Waals surface area contributed by atoms with E-state index in [4.69, 9.17) is 5.73 Å². The van der Waals surface area contributed by atoms with E-state index in [9.17, 15) is 4.39 Å². The van der Waals surface area contributed by atoms with Gasteiger partial charge in [-0.05, 0) is 78.6 Å². The van der Waals surface area contributed by atoms with Gasteiger partial charge in [-0.15, -0.1) is 0 Å². The van der Waals surface area contributed by atoms with Crippen LogP contribution in [0.2, 0.25) is 0 Å². The summed E-state index contributed by atoms with van der Waals surface area (Å²) in [4.78, 5) is 4.66. The second-order valence-electron chi connectivity index (χ2n) is 7.92. The number of allylic oxidation sites excluding steroid dienone is 3. The van der Waals surface area contributed by atoms with Crippen LogP contribution in [0.1, 0.15) is 49.6 Å². The molecule has 1 aliphatic carbocycles. The normalized spacial score (nSPS) is 19.1. The molecule has 0 bridgehead atoms. The molecule has 0 amide bonds. The maximum atomic E-state index is 13.7. The largest absolute Gasteiger partial charge is 0.399 e. The molecule has 2 N–H and O–H groups in total. The summed E-state index contributed by atoms with van der Waals surface area (Å²) >= 11 is 0. The van der Waals surface area contributed by atoms with Crippen molar-refractivity contribution in [3.63, 3.8) is 0 Å². The Morgan fingerprint density at radius 1 is 1.21 bits per heavy atom. The molecule has 3 heteroatoms. The summed E-state index contributed by atoms with van der Waals surface area (Å²) in [6.45, 7) is 10.1. The predicted molar refractivity (Wildman–Crippen MR) is 115 cm³/mol. The van der Waals surface area contributed by atoms with Crippen LogP contribution in [0.3, 0.4) is 0 Å². The Kier molecular flexibility index (Phi) is 5.83. The van der Waals surface area contributed by atoms with Crippen LogP contribution >= 0.6 is 0 Å². The summed E-state index contributed by atoms with van der Waals surface area (Å²) in [7, 11) is 0. The van der Waals surface area contributed by atoms with Crippen LogP contribution in [0.15, 0.2) is 72.1 Å². The second-order valence-corrected chi connectivity index (χ2v) is 7.92. The molecule has 3 rings (SSSR count). The Bertz CT molecular complexity index is 955. The van der Waals surface area contributed by atoms with E-state index in [1.807, 2.05) is 25.3 Å². The standard InChI is InChI=1S/C25H29FN2/c1-5-21-14-19(8-9-23(21)26)6-7-20-11-13-28-24(15-20)25(4)12-10-22(18(3)27)17(2)16-25/h8-11,13-16H,3,5-7,12,27H2,1-2,4H3. The summed E-state index contributed by atoms with van der Waals surface area (Å²) in [5.74, 6) is -0.114. The van der Waals surface area contributed by atoms with Gasteiger partial charge in [-0.25, -0.2) is 4.39 Å². The van der Waals surface area contributed by atoms with Gasteiger partial charge in [-0.3, -0.25) is 4.98 Å². The average molecular weight is 377 g/mol. The zero-order valence-corrected chi connectivity index (χ0v) is 17.1. The van der Waals surface area contributed by atoms with Gasteiger partial charge in [0.15, 0.2) is 0 Å². The lowest BCUT2D eigenvalue weighted by molar-refractivity contribution is 0.570. The molecular weight excluding hydrogens is 347 g/mol. The van der Waals surface area contributed by atoms with Crippen molar-refractivity contribution < 1.29 is 4.39 Å². The van der Waals surface area contributed by atoms with Crippen LogP contribution < -0.4 is 5.73 Å². The number of halogens is 1. The SMILES string of the molecule is C=C(N)C1=CCC(C)(c2cc(CCc3ccc(F)c(CC)c3)ccn2)C=C1C. The minimum absolute atomic E-state index is 0.114. The molecule has 2 nitrogen and oxygen atoms in total. The summed E-state index contributed by atoms with van der Waals surface area (Å²) in [5, 5.41) is 0. The maximum absolute atomic E-state index is 13.7. The van der Waals surface area contributed by atoms with Gasteiger partial charge >= 0.3 is 0 Å². The highest BCUT2D eigenvalue weighted by Gasteiger charge is 2.28. The first-order chi connectivity index (χ1) is 13.3. The molecule has 2 aromatic rings. The van der Waals surface area contributed by atoms with Crippen molar-refractivity contribution in [1.82, 2.24) is 4.98 Å². The Hall–Kier alpha value is -2.68. The van der Waals surface area contributed by atoms with Crippen LogP contribution in [0.5, 0.6) is 0 Å². The molecule has 0 saturated carbocycles. The lowest BCUT2D eigenvalue weighted by Crippen LogP contribution is -2.24. The number of aryl methyl sites for hydroxylation is 3. The third kappa shape index (κ3) is 4.24. The van der Waals surface area contributed by atoms with E-state index < -0.39 is 0 Å². The van der Waals surface area contributed by atoms with Crippen LogP contribution in [0.4, 0.5) is 4.39 Å². The monoisotopic (exact) mass is 376 g/mol. The summed E-state index contributed by atoms with van der Waals surface area (Å²) < 4.78 is 13.7. The molecular formula is C25H29FN2. The highest BCUT2D eigenvalue weighted by atomic mass is 19.1. The molecule has 0 fully saturated rings. The van der Waals surface area contributed by atoms with Crippen molar-refractivity contribution in [2.24, 2.45) is 5.73 Å². The highest BCUT2D eigenvalue weighted by molar-refractivity contribution is 5.49. The number of hydrogen-bond acceptors (Lipinski definition) is 2. The molecule has 0 spiro atoms. The van der Waals surface area contributed by atoms with E-state index in [0.717, 1.165) is 41.7 Å². The fourth-order valence-electron chi connectivity index (χ4n) is 3.94. The van der Waals surface area contributed by atoms with Gasteiger partial charge < -0.3 is 5.73 Å². The quantitative estimate of drug-likeness (QED) is 0.715. The fraction of sp³-hybridized carbons (Fsp3) is 0.320. The number of nitrogens with zero attached hydrogens (tertiary/aromatic N) is 1. The Balaban J connectivity index is 1.77. The number of benzene rings is 1. The van der Waals surface area contributed by atoms with Gasteiger partial charge in [-0.2, -0.15) is 0 Å². The highest BCUT2D eigenvalue weighted by Crippen LogP contribution is 2.36. The smallest absolute Gasteiger partial charge is 0.126 e. The van der Waals surface area contributed by atoms with Gasteiger partial charge in [0.25, 0.3) is 0 Å². The molecule has 0 aliphatic heterocycles. The Morgan fingerprint density at radius 3 is 2.57 bits per heavy atom. The summed E-state index contributed by atoms with van der Waals surface area (Å²) in [6, 6.07) is 9.72. The van der Waals surface area contributed by atoms with E-state index >= 15 is 0 Å². The predicted octanol–water partition coefficient (Wildman–Crippen LogP) is 5.57. The fourth-order valence-corrected chi connectivity index (χ4v) is 3.94. The summed E-state index contributed by atoms with van der Waals surface area (Å²) in [5.41, 5.74) is 12.8. The van der Waals surface area contributed by atoms with Crippen LogP contribution in [0, 0.1) is 5.82 Å². The number of rotatable bonds is 6. The molecule has 1 aromatic carbocycles. The first kappa shape index (κ1) is 20.1. The molecule has 0 saturated heterocycles. The van der Waals surface area contributed by atoms with Crippen molar-refractivity contribution in [2.45, 2.75) is 51.9 Å². The van der Waals surface area contributed by atoms with Gasteiger partial charge in [0.1, 0.15) is 5.82 Å². The molecule has 1 heterocycles. The second kappa shape index (κ2) is 8.14. The van der Waals surface area contributed by atoms with Gasteiger partial charge in [0, 0.05) is 17.3 Å². The van der Waals surface area contributed by atoms with Gasteiger partial charge in [-0.1, -0.05) is 44.7 Å². The van der Waals surface area contributed by atoms with E-state index in [2.05, 4.69) is 49.7 Å². The minimum Gasteiger partial charge on any atom is -0.399 e. The molecule has 28 heavy (non-hydrogen) atoms. The van der Waals surface area contributed by atoms with E-state index in [0.29, 0.717) is 12.1 Å². The summed E-state index contributed by atoms with van der Waals surface area (Å²) in [6.07, 6.45) is 9.67. The Morgan fingerprint density at radius 2 is 1.93 bits per heavy atom. The van der Waals surface area contributed by atoms with Gasteiger partial charge in [0.05, 0.1) is 5.69 Å². The van der Waals surface area contributed by atoms with Crippen molar-refractivity contribution in [1.29, 1.82) is 0 Å². The third-order valence-electron chi connectivity index (χ3n) is 5.64. The van der Waals surface area contributed by atoms with Crippen LogP contribution in [-0.4, -0.2) is 4.98 Å². The number of aromatic nitrogens is 1. The van der Waals surface area contributed by atoms with Crippen LogP contribution in [0.25, 0.3) is 0 Å². The van der Waals surface area contributed by atoms with Gasteiger partial charge in [0.2, 0.25) is 0 Å². The first-order valence-corrected chi connectivity index (χ1v) is 9.90. The number of nitrogens with two attached hydrogens (primary N) is 1. The van der Waals surface area contributed by atoms with Crippen molar-refractivity contribution in [2.75, 3.05) is 0 Å². The van der Waals surface area contributed by atoms with Crippen molar-refractivity contribution in [3.8, 4) is 0 Å². The lowest BCUT2D eigenvalue weighted by Gasteiger charge is -2.30. The number of hydrogen-bond donors (Lipinski definition) is 1. The Labute approximate surface area is 167 Å². The maximum Gasteiger partial charge on any atom is 0.126 e.